The third-order valence-corrected chi connectivity index (χ3v) is 4.43. The van der Waals surface area contributed by atoms with E-state index in [1.165, 1.54) is 18.4 Å². The highest BCUT2D eigenvalue weighted by Gasteiger charge is 2.27. The lowest BCUT2D eigenvalue weighted by Gasteiger charge is -2.00. The third-order valence-electron chi connectivity index (χ3n) is 2.76. The molecular weight excluding hydrogens is 298 g/mol. The van der Waals surface area contributed by atoms with Gasteiger partial charge in [0.1, 0.15) is 5.82 Å². The molecule has 1 heterocycles. The summed E-state index contributed by atoms with van der Waals surface area (Å²) in [6.45, 7) is 0. The quantitative estimate of drug-likeness (QED) is 0.875. The molecule has 0 bridgehead atoms. The summed E-state index contributed by atoms with van der Waals surface area (Å²) in [6, 6.07) is 8.25. The molecule has 0 radical (unpaired) electrons. The molecule has 1 aromatic heterocycles. The largest absolute Gasteiger partial charge is 0.262 e. The van der Waals surface area contributed by atoms with E-state index in [-0.39, 0.29) is 0 Å². The van der Waals surface area contributed by atoms with E-state index in [1.807, 2.05) is 12.1 Å². The molecule has 1 fully saturated rings. The Morgan fingerprint density at radius 2 is 2.18 bits per heavy atom. The Kier molecular flexibility index (Phi) is 3.20. The smallest absolute Gasteiger partial charge is 0.208 e. The topological polar surface area (TPSA) is 41.6 Å². The van der Waals surface area contributed by atoms with Crippen molar-refractivity contribution in [2.24, 2.45) is 0 Å². The molecule has 3 rings (SSSR count). The lowest BCUT2D eigenvalue weighted by atomic mass is 10.2. The van der Waals surface area contributed by atoms with Gasteiger partial charge in [-0.3, -0.25) is 5.10 Å². The Morgan fingerprint density at radius 1 is 1.35 bits per heavy atom. The van der Waals surface area contributed by atoms with Crippen molar-refractivity contribution < 1.29 is 0 Å². The fourth-order valence-electron chi connectivity index (χ4n) is 1.62. The summed E-state index contributed by atoms with van der Waals surface area (Å²) < 4.78 is 1.14. The van der Waals surface area contributed by atoms with Gasteiger partial charge in [0.15, 0.2) is 0 Å². The van der Waals surface area contributed by atoms with Crippen LogP contribution in [-0.2, 0) is 5.75 Å². The van der Waals surface area contributed by atoms with E-state index in [1.54, 1.807) is 11.8 Å². The highest BCUT2D eigenvalue weighted by atomic mass is 79.9. The molecule has 0 spiro atoms. The first kappa shape index (κ1) is 11.3. The maximum atomic E-state index is 4.50. The van der Waals surface area contributed by atoms with Gasteiger partial charge in [0, 0.05) is 16.1 Å². The first-order valence-corrected chi connectivity index (χ1v) is 7.39. The van der Waals surface area contributed by atoms with Gasteiger partial charge in [0.05, 0.1) is 0 Å². The average molecular weight is 310 g/mol. The number of H-pyrrole nitrogens is 1. The van der Waals surface area contributed by atoms with Crippen LogP contribution in [0.25, 0.3) is 0 Å². The number of nitrogens with one attached hydrogen (secondary N) is 1. The van der Waals surface area contributed by atoms with Crippen LogP contribution in [0.2, 0.25) is 0 Å². The lowest BCUT2D eigenvalue weighted by molar-refractivity contribution is 0.932. The number of benzene rings is 1. The Hall–Kier alpha value is -0.810. The molecule has 1 aliphatic carbocycles. The minimum atomic E-state index is 0.639. The van der Waals surface area contributed by atoms with Crippen LogP contribution in [0.15, 0.2) is 33.9 Å². The van der Waals surface area contributed by atoms with Gasteiger partial charge in [-0.15, -0.1) is 5.10 Å². The summed E-state index contributed by atoms with van der Waals surface area (Å²) in [6.07, 6.45) is 2.51. The fraction of sp³-hybridized carbons (Fsp3) is 0.333. The van der Waals surface area contributed by atoms with Crippen molar-refractivity contribution in [1.29, 1.82) is 0 Å². The van der Waals surface area contributed by atoms with Gasteiger partial charge < -0.3 is 0 Å². The van der Waals surface area contributed by atoms with Crippen molar-refractivity contribution in [2.75, 3.05) is 0 Å². The average Bonchev–Trinajstić information content (AvgIpc) is 3.08. The highest BCUT2D eigenvalue weighted by Crippen LogP contribution is 2.38. The maximum absolute atomic E-state index is 4.50. The first-order chi connectivity index (χ1) is 8.33. The Labute approximate surface area is 113 Å². The molecule has 1 aromatic carbocycles. The Balaban J connectivity index is 1.65. The van der Waals surface area contributed by atoms with Crippen LogP contribution < -0.4 is 0 Å². The molecule has 3 nitrogen and oxygen atoms in total. The Morgan fingerprint density at radius 3 is 2.94 bits per heavy atom. The maximum Gasteiger partial charge on any atom is 0.208 e. The van der Waals surface area contributed by atoms with Crippen molar-refractivity contribution in [2.45, 2.75) is 29.7 Å². The van der Waals surface area contributed by atoms with E-state index in [4.69, 9.17) is 0 Å². The second-order valence-corrected chi connectivity index (χ2v) is 5.95. The summed E-state index contributed by atoms with van der Waals surface area (Å²) in [5.41, 5.74) is 1.27. The van der Waals surface area contributed by atoms with Gasteiger partial charge in [0.25, 0.3) is 0 Å². The number of aromatic nitrogens is 3. The third kappa shape index (κ3) is 2.72. The summed E-state index contributed by atoms with van der Waals surface area (Å²) >= 11 is 5.22. The molecule has 1 saturated carbocycles. The predicted octanol–water partition coefficient (Wildman–Crippen LogP) is 3.74. The number of hydrogen-bond donors (Lipinski definition) is 1. The van der Waals surface area contributed by atoms with E-state index in [2.05, 4.69) is 43.2 Å². The van der Waals surface area contributed by atoms with E-state index in [0.29, 0.717) is 5.92 Å². The summed E-state index contributed by atoms with van der Waals surface area (Å²) in [4.78, 5) is 4.50. The van der Waals surface area contributed by atoms with E-state index in [0.717, 1.165) is 21.2 Å². The van der Waals surface area contributed by atoms with Crippen molar-refractivity contribution in [3.8, 4) is 0 Å². The summed E-state index contributed by atoms with van der Waals surface area (Å²) in [5.74, 6) is 2.59. The minimum Gasteiger partial charge on any atom is -0.262 e. The highest BCUT2D eigenvalue weighted by molar-refractivity contribution is 9.10. The number of halogens is 1. The van der Waals surface area contributed by atoms with Crippen molar-refractivity contribution in [3.05, 3.63) is 40.1 Å². The fourth-order valence-corrected chi connectivity index (χ4v) is 3.04. The lowest BCUT2D eigenvalue weighted by Crippen LogP contribution is -1.84. The van der Waals surface area contributed by atoms with Gasteiger partial charge in [-0.1, -0.05) is 45.9 Å². The molecule has 0 unspecified atom stereocenters. The molecule has 0 atom stereocenters. The van der Waals surface area contributed by atoms with Crippen LogP contribution in [0.4, 0.5) is 0 Å². The summed E-state index contributed by atoms with van der Waals surface area (Å²) in [7, 11) is 0. The van der Waals surface area contributed by atoms with Gasteiger partial charge in [-0.05, 0) is 24.5 Å². The van der Waals surface area contributed by atoms with Crippen molar-refractivity contribution >= 4 is 27.7 Å². The second kappa shape index (κ2) is 4.82. The monoisotopic (exact) mass is 309 g/mol. The molecule has 0 aliphatic heterocycles. The van der Waals surface area contributed by atoms with Crippen LogP contribution in [0, 0.1) is 0 Å². The standard InChI is InChI=1S/C12H12BrN3S/c13-10-4-2-1-3-9(10)7-17-12-14-11(15-16-12)8-5-6-8/h1-4,8H,5-7H2,(H,14,15,16). The SMILES string of the molecule is Brc1ccccc1CSc1n[nH]c(C2CC2)n1. The molecular formula is C12H12BrN3S. The predicted molar refractivity (Wildman–Crippen MR) is 72.1 cm³/mol. The van der Waals surface area contributed by atoms with Gasteiger partial charge in [-0.2, -0.15) is 0 Å². The van der Waals surface area contributed by atoms with Crippen LogP contribution in [0.5, 0.6) is 0 Å². The molecule has 5 heteroatoms. The molecule has 0 saturated heterocycles. The van der Waals surface area contributed by atoms with Crippen molar-refractivity contribution in [3.63, 3.8) is 0 Å². The number of aromatic amines is 1. The zero-order valence-electron chi connectivity index (χ0n) is 9.19. The van der Waals surface area contributed by atoms with E-state index in [9.17, 15) is 0 Å². The first-order valence-electron chi connectivity index (χ1n) is 5.61. The molecule has 2 aromatic rings. The molecule has 1 N–H and O–H groups in total. The number of rotatable bonds is 4. The Bertz CT molecular complexity index is 522. The van der Waals surface area contributed by atoms with Crippen LogP contribution in [0.1, 0.15) is 30.1 Å². The molecule has 17 heavy (non-hydrogen) atoms. The number of thioether (sulfide) groups is 1. The van der Waals surface area contributed by atoms with Gasteiger partial charge in [0.2, 0.25) is 5.16 Å². The van der Waals surface area contributed by atoms with Crippen molar-refractivity contribution in [1.82, 2.24) is 15.2 Å². The number of hydrogen-bond acceptors (Lipinski definition) is 3. The zero-order chi connectivity index (χ0) is 11.7. The van der Waals surface area contributed by atoms with Gasteiger partial charge in [-0.25, -0.2) is 4.98 Å². The van der Waals surface area contributed by atoms with Crippen LogP contribution >= 0.6 is 27.7 Å². The number of nitrogens with zero attached hydrogens (tertiary/aromatic N) is 2. The molecule has 0 amide bonds. The van der Waals surface area contributed by atoms with E-state index >= 15 is 0 Å². The molecule has 1 aliphatic rings. The van der Waals surface area contributed by atoms with Crippen LogP contribution in [0.3, 0.4) is 0 Å². The molecule has 88 valence electrons. The summed E-state index contributed by atoms with van der Waals surface area (Å²) in [5, 5.41) is 8.11. The van der Waals surface area contributed by atoms with E-state index < -0.39 is 0 Å². The van der Waals surface area contributed by atoms with Crippen LogP contribution in [-0.4, -0.2) is 15.2 Å². The second-order valence-electron chi connectivity index (χ2n) is 4.16. The zero-order valence-corrected chi connectivity index (χ0v) is 11.6. The normalized spacial score (nSPS) is 15.1. The minimum absolute atomic E-state index is 0.639. The van der Waals surface area contributed by atoms with Gasteiger partial charge >= 0.3 is 0 Å².